The maximum absolute atomic E-state index is 14.0. The highest BCUT2D eigenvalue weighted by molar-refractivity contribution is 7.89. The molecule has 0 aliphatic carbocycles. The second-order valence-corrected chi connectivity index (χ2v) is 10.9. The van der Waals surface area contributed by atoms with Gasteiger partial charge in [0, 0.05) is 51.6 Å². The highest BCUT2D eigenvalue weighted by Crippen LogP contribution is 2.28. The Morgan fingerprint density at radius 1 is 1.03 bits per heavy atom. The largest absolute Gasteiger partial charge is 0.346 e. The van der Waals surface area contributed by atoms with E-state index in [0.29, 0.717) is 44.8 Å². The monoisotopic (exact) mass is 485 g/mol. The summed E-state index contributed by atoms with van der Waals surface area (Å²) >= 11 is 0. The van der Waals surface area contributed by atoms with E-state index in [2.05, 4.69) is 6.92 Å². The number of carbonyl (C=O) groups is 2. The van der Waals surface area contributed by atoms with Crippen LogP contribution in [0.2, 0.25) is 0 Å². The fourth-order valence-electron chi connectivity index (χ4n) is 4.58. The first kappa shape index (κ1) is 25.6. The molecule has 1 aromatic rings. The van der Waals surface area contributed by atoms with E-state index < -0.39 is 26.6 Å². The van der Waals surface area contributed by atoms with Gasteiger partial charge in [-0.3, -0.25) is 9.59 Å². The molecule has 2 aliphatic rings. The number of amides is 2. The number of sulfonamides is 1. The fourth-order valence-corrected chi connectivity index (χ4v) is 6.12. The van der Waals surface area contributed by atoms with Crippen molar-refractivity contribution < 1.29 is 26.8 Å². The van der Waals surface area contributed by atoms with Crippen molar-refractivity contribution in [2.45, 2.75) is 50.3 Å². The summed E-state index contributed by atoms with van der Waals surface area (Å²) in [6, 6.07) is 2.36. The molecule has 0 atom stereocenters. The molecule has 0 radical (unpaired) electrons. The first-order valence-corrected chi connectivity index (χ1v) is 13.1. The van der Waals surface area contributed by atoms with Gasteiger partial charge in [-0.1, -0.05) is 13.3 Å². The number of hydrogen-bond donors (Lipinski definition) is 0. The van der Waals surface area contributed by atoms with E-state index in [0.717, 1.165) is 35.8 Å². The SMILES string of the molecule is CCCCN(C)C(=O)C1CCN(C(=O)C2CCN(S(=O)(=O)c3cc(F)ccc3F)CC2)CC1. The number of benzene rings is 1. The van der Waals surface area contributed by atoms with Gasteiger partial charge in [-0.2, -0.15) is 4.31 Å². The average Bonchev–Trinajstić information content (AvgIpc) is 2.83. The van der Waals surface area contributed by atoms with Gasteiger partial charge >= 0.3 is 0 Å². The third-order valence-electron chi connectivity index (χ3n) is 6.69. The molecule has 3 rings (SSSR count). The topological polar surface area (TPSA) is 78.0 Å². The number of unbranched alkanes of at least 4 members (excludes halogenated alkanes) is 1. The third kappa shape index (κ3) is 5.90. The van der Waals surface area contributed by atoms with Crippen molar-refractivity contribution in [2.75, 3.05) is 39.8 Å². The zero-order chi connectivity index (χ0) is 24.2. The molecule has 184 valence electrons. The Bertz CT molecular complexity index is 956. The van der Waals surface area contributed by atoms with Crippen molar-refractivity contribution in [1.29, 1.82) is 0 Å². The Hall–Kier alpha value is -2.07. The quantitative estimate of drug-likeness (QED) is 0.595. The Morgan fingerprint density at radius 2 is 1.64 bits per heavy atom. The molecule has 2 amide bonds. The molecule has 2 fully saturated rings. The molecule has 0 aromatic heterocycles. The molecule has 0 saturated carbocycles. The molecule has 0 N–H and O–H groups in total. The summed E-state index contributed by atoms with van der Waals surface area (Å²) in [7, 11) is -2.34. The van der Waals surface area contributed by atoms with Gasteiger partial charge in [-0.05, 0) is 50.3 Å². The van der Waals surface area contributed by atoms with Gasteiger partial charge in [0.1, 0.15) is 16.5 Å². The molecular formula is C23H33F2N3O4S. The summed E-state index contributed by atoms with van der Waals surface area (Å²) < 4.78 is 54.1. The van der Waals surface area contributed by atoms with Gasteiger partial charge in [0.05, 0.1) is 0 Å². The lowest BCUT2D eigenvalue weighted by Crippen LogP contribution is -2.48. The van der Waals surface area contributed by atoms with Gasteiger partial charge in [0.15, 0.2) is 0 Å². The van der Waals surface area contributed by atoms with Crippen LogP contribution in [0, 0.1) is 23.5 Å². The molecule has 2 aliphatic heterocycles. The van der Waals surface area contributed by atoms with Crippen LogP contribution in [0.4, 0.5) is 8.78 Å². The van der Waals surface area contributed by atoms with Crippen LogP contribution in [-0.4, -0.2) is 74.1 Å². The summed E-state index contributed by atoms with van der Waals surface area (Å²) in [5.74, 6) is -2.07. The van der Waals surface area contributed by atoms with Crippen molar-refractivity contribution in [3.8, 4) is 0 Å². The summed E-state index contributed by atoms with van der Waals surface area (Å²) in [5, 5.41) is 0. The maximum Gasteiger partial charge on any atom is 0.246 e. The minimum absolute atomic E-state index is 0.0192. The number of hydrogen-bond acceptors (Lipinski definition) is 4. The Morgan fingerprint density at radius 3 is 2.24 bits per heavy atom. The van der Waals surface area contributed by atoms with Crippen LogP contribution in [0.3, 0.4) is 0 Å². The average molecular weight is 486 g/mol. The van der Waals surface area contributed by atoms with Crippen LogP contribution in [-0.2, 0) is 19.6 Å². The Labute approximate surface area is 194 Å². The highest BCUT2D eigenvalue weighted by atomic mass is 32.2. The minimum atomic E-state index is -4.17. The summed E-state index contributed by atoms with van der Waals surface area (Å²) in [6.45, 7) is 4.02. The molecule has 2 saturated heterocycles. The molecule has 0 spiro atoms. The number of carbonyl (C=O) groups excluding carboxylic acids is 2. The van der Waals surface area contributed by atoms with Crippen molar-refractivity contribution in [1.82, 2.24) is 14.1 Å². The van der Waals surface area contributed by atoms with E-state index in [-0.39, 0.29) is 36.7 Å². The molecule has 1 aromatic carbocycles. The zero-order valence-electron chi connectivity index (χ0n) is 19.3. The fraction of sp³-hybridized carbons (Fsp3) is 0.652. The maximum atomic E-state index is 14.0. The standard InChI is InChI=1S/C23H33F2N3O4S/c1-3-4-11-26(2)22(29)17-7-12-27(13-8-17)23(30)18-9-14-28(15-10-18)33(31,32)21-16-19(24)5-6-20(21)25/h5-6,16-18H,3-4,7-15H2,1-2H3. The molecule has 10 heteroatoms. The zero-order valence-corrected chi connectivity index (χ0v) is 20.1. The van der Waals surface area contributed by atoms with Crippen molar-refractivity contribution in [2.24, 2.45) is 11.8 Å². The molecule has 2 heterocycles. The van der Waals surface area contributed by atoms with Crippen molar-refractivity contribution in [3.05, 3.63) is 29.8 Å². The summed E-state index contributed by atoms with van der Waals surface area (Å²) in [5.41, 5.74) is 0. The molecule has 7 nitrogen and oxygen atoms in total. The van der Waals surface area contributed by atoms with Crippen molar-refractivity contribution >= 4 is 21.8 Å². The number of likely N-dealkylation sites (tertiary alicyclic amines) is 1. The van der Waals surface area contributed by atoms with Gasteiger partial charge in [0.2, 0.25) is 21.8 Å². The van der Waals surface area contributed by atoms with E-state index >= 15 is 0 Å². The van der Waals surface area contributed by atoms with Gasteiger partial charge < -0.3 is 9.80 Å². The summed E-state index contributed by atoms with van der Waals surface area (Å²) in [4.78, 5) is 28.4. The third-order valence-corrected chi connectivity index (χ3v) is 8.61. The second kappa shape index (κ2) is 10.9. The molecule has 0 bridgehead atoms. The van der Waals surface area contributed by atoms with Gasteiger partial charge in [0.25, 0.3) is 0 Å². The van der Waals surface area contributed by atoms with Gasteiger partial charge in [-0.15, -0.1) is 0 Å². The molecule has 33 heavy (non-hydrogen) atoms. The Balaban J connectivity index is 1.52. The second-order valence-electron chi connectivity index (χ2n) is 8.97. The lowest BCUT2D eigenvalue weighted by molar-refractivity contribution is -0.142. The lowest BCUT2D eigenvalue weighted by atomic mass is 9.92. The highest BCUT2D eigenvalue weighted by Gasteiger charge is 2.36. The number of rotatable bonds is 7. The van der Waals surface area contributed by atoms with E-state index in [4.69, 9.17) is 0 Å². The number of piperidine rings is 2. The first-order chi connectivity index (χ1) is 15.6. The number of halogens is 2. The predicted molar refractivity (Wildman–Crippen MR) is 120 cm³/mol. The van der Waals surface area contributed by atoms with E-state index in [1.165, 1.54) is 0 Å². The minimum Gasteiger partial charge on any atom is -0.346 e. The summed E-state index contributed by atoms with van der Waals surface area (Å²) in [6.07, 6.45) is 3.92. The van der Waals surface area contributed by atoms with Crippen LogP contribution in [0.1, 0.15) is 45.4 Å². The lowest BCUT2D eigenvalue weighted by Gasteiger charge is -2.37. The van der Waals surface area contributed by atoms with Crippen LogP contribution < -0.4 is 0 Å². The van der Waals surface area contributed by atoms with E-state index in [1.54, 1.807) is 9.80 Å². The predicted octanol–water partition coefficient (Wildman–Crippen LogP) is 2.86. The van der Waals surface area contributed by atoms with Gasteiger partial charge in [-0.25, -0.2) is 17.2 Å². The number of nitrogens with zero attached hydrogens (tertiary/aromatic N) is 3. The van der Waals surface area contributed by atoms with Crippen molar-refractivity contribution in [3.63, 3.8) is 0 Å². The normalized spacial score (nSPS) is 19.0. The van der Waals surface area contributed by atoms with Crippen LogP contribution in [0.15, 0.2) is 23.1 Å². The van der Waals surface area contributed by atoms with Crippen LogP contribution >= 0.6 is 0 Å². The molecular weight excluding hydrogens is 452 g/mol. The van der Waals surface area contributed by atoms with E-state index in [1.807, 2.05) is 7.05 Å². The first-order valence-electron chi connectivity index (χ1n) is 11.6. The molecule has 0 unspecified atom stereocenters. The van der Waals surface area contributed by atoms with E-state index in [9.17, 15) is 26.8 Å². The van der Waals surface area contributed by atoms with Crippen LogP contribution in [0.25, 0.3) is 0 Å². The van der Waals surface area contributed by atoms with Crippen LogP contribution in [0.5, 0.6) is 0 Å². The smallest absolute Gasteiger partial charge is 0.246 e. The Kier molecular flexibility index (Phi) is 8.44.